The maximum absolute atomic E-state index is 11.7. The van der Waals surface area contributed by atoms with Gasteiger partial charge in [0.15, 0.2) is 0 Å². The van der Waals surface area contributed by atoms with Crippen molar-refractivity contribution in [3.8, 4) is 0 Å². The Morgan fingerprint density at radius 2 is 2.05 bits per heavy atom. The van der Waals surface area contributed by atoms with E-state index in [0.29, 0.717) is 27.5 Å². The highest BCUT2D eigenvalue weighted by molar-refractivity contribution is 8.18. The topological polar surface area (TPSA) is 75.3 Å². The Hall–Kier alpha value is -1.50. The van der Waals surface area contributed by atoms with E-state index >= 15 is 0 Å². The molecule has 0 saturated carbocycles. The summed E-state index contributed by atoms with van der Waals surface area (Å²) in [7, 11) is 0. The first-order valence-electron chi connectivity index (χ1n) is 4.96. The lowest BCUT2D eigenvalue weighted by Crippen LogP contribution is -2.18. The van der Waals surface area contributed by atoms with Crippen LogP contribution in [0, 0.1) is 0 Å². The quantitative estimate of drug-likeness (QED) is 0.823. The second kappa shape index (κ2) is 5.64. The number of nitrogens with one attached hydrogen (secondary N) is 2. The molecule has 1 saturated heterocycles. The van der Waals surface area contributed by atoms with Crippen LogP contribution in [0.3, 0.4) is 0 Å². The van der Waals surface area contributed by atoms with Gasteiger partial charge in [-0.3, -0.25) is 19.7 Å². The summed E-state index contributed by atoms with van der Waals surface area (Å²) in [6.07, 6.45) is 1.03. The zero-order valence-electron chi connectivity index (χ0n) is 9.20. The van der Waals surface area contributed by atoms with Crippen LogP contribution < -0.4 is 10.6 Å². The fraction of sp³-hybridized carbons (Fsp3) is 0. The Kier molecular flexibility index (Phi) is 4.14. The molecule has 0 unspecified atom stereocenters. The number of benzene rings is 1. The van der Waals surface area contributed by atoms with Gasteiger partial charge in [0, 0.05) is 11.1 Å². The summed E-state index contributed by atoms with van der Waals surface area (Å²) in [5.74, 6) is -1.17. The Bertz CT molecular complexity index is 616. The Morgan fingerprint density at radius 3 is 2.68 bits per heavy atom. The second-order valence-corrected chi connectivity index (χ2v) is 5.32. The lowest BCUT2D eigenvalue weighted by molar-refractivity contribution is -0.116. The molecule has 1 aromatic rings. The van der Waals surface area contributed by atoms with E-state index in [4.69, 9.17) is 23.2 Å². The molecule has 1 fully saturated rings. The van der Waals surface area contributed by atoms with Crippen LogP contribution in [-0.2, 0) is 9.59 Å². The molecule has 2 N–H and O–H groups in total. The van der Waals surface area contributed by atoms with Gasteiger partial charge in [-0.1, -0.05) is 23.2 Å². The van der Waals surface area contributed by atoms with Crippen molar-refractivity contribution in [3.05, 3.63) is 39.2 Å². The first-order chi connectivity index (χ1) is 8.95. The van der Waals surface area contributed by atoms with E-state index in [-0.39, 0.29) is 4.91 Å². The molecule has 0 bridgehead atoms. The van der Waals surface area contributed by atoms with Gasteiger partial charge in [-0.15, -0.1) is 0 Å². The molecule has 1 aliphatic rings. The molecule has 0 aromatic heterocycles. The normalized spacial score (nSPS) is 16.6. The average molecular weight is 317 g/mol. The van der Waals surface area contributed by atoms with Crippen molar-refractivity contribution in [1.29, 1.82) is 0 Å². The van der Waals surface area contributed by atoms with E-state index in [1.165, 1.54) is 12.1 Å². The number of imide groups is 1. The van der Waals surface area contributed by atoms with E-state index in [2.05, 4.69) is 5.32 Å². The van der Waals surface area contributed by atoms with Crippen LogP contribution in [0.1, 0.15) is 0 Å². The Balaban J connectivity index is 2.14. The third-order valence-corrected chi connectivity index (χ3v) is 3.47. The third-order valence-electron chi connectivity index (χ3n) is 2.09. The van der Waals surface area contributed by atoms with E-state index in [0.717, 1.165) is 6.08 Å². The lowest BCUT2D eigenvalue weighted by Gasteiger charge is -2.05. The summed E-state index contributed by atoms with van der Waals surface area (Å²) in [5, 5.41) is 4.74. The minimum atomic E-state index is -0.595. The number of hydrogen-bond acceptors (Lipinski definition) is 4. The molecule has 8 heteroatoms. The highest BCUT2D eigenvalue weighted by atomic mass is 35.5. The van der Waals surface area contributed by atoms with E-state index in [1.807, 2.05) is 5.32 Å². The molecule has 98 valence electrons. The molecule has 0 aliphatic carbocycles. The van der Waals surface area contributed by atoms with Crippen molar-refractivity contribution in [2.24, 2.45) is 0 Å². The Labute approximate surface area is 122 Å². The number of carbonyl (C=O) groups is 3. The maximum Gasteiger partial charge on any atom is 0.290 e. The molecule has 19 heavy (non-hydrogen) atoms. The van der Waals surface area contributed by atoms with Crippen LogP contribution in [0.15, 0.2) is 29.2 Å². The van der Waals surface area contributed by atoms with Gasteiger partial charge in [-0.2, -0.15) is 0 Å². The predicted molar refractivity (Wildman–Crippen MR) is 74.3 cm³/mol. The van der Waals surface area contributed by atoms with E-state index < -0.39 is 17.1 Å². The molecule has 3 amide bonds. The van der Waals surface area contributed by atoms with Gasteiger partial charge in [0.2, 0.25) is 5.91 Å². The number of thioether (sulfide) groups is 1. The summed E-state index contributed by atoms with van der Waals surface area (Å²) in [4.78, 5) is 33.9. The maximum atomic E-state index is 11.7. The van der Waals surface area contributed by atoms with Crippen LogP contribution in [0.25, 0.3) is 0 Å². The van der Waals surface area contributed by atoms with Crippen LogP contribution in [0.4, 0.5) is 10.5 Å². The van der Waals surface area contributed by atoms with E-state index in [9.17, 15) is 14.4 Å². The minimum absolute atomic E-state index is 0.0284. The molecule has 1 aromatic carbocycles. The Morgan fingerprint density at radius 1 is 1.32 bits per heavy atom. The van der Waals surface area contributed by atoms with Gasteiger partial charge < -0.3 is 5.32 Å². The minimum Gasteiger partial charge on any atom is -0.321 e. The number of halogens is 2. The summed E-state index contributed by atoms with van der Waals surface area (Å²) in [6, 6.07) is 4.59. The molecule has 2 rings (SSSR count). The van der Waals surface area contributed by atoms with Gasteiger partial charge >= 0.3 is 0 Å². The molecule has 1 heterocycles. The monoisotopic (exact) mass is 316 g/mol. The smallest absolute Gasteiger partial charge is 0.290 e. The van der Waals surface area contributed by atoms with Crippen molar-refractivity contribution in [2.45, 2.75) is 0 Å². The average Bonchev–Trinajstić information content (AvgIpc) is 2.62. The molecule has 0 radical (unpaired) electrons. The molecule has 1 aliphatic heterocycles. The SMILES string of the molecule is O=C(/C=C1\SC(=O)NC1=O)Nc1cc(Cl)ccc1Cl. The van der Waals surface area contributed by atoms with Crippen LogP contribution in [0.2, 0.25) is 10.0 Å². The first kappa shape index (κ1) is 13.9. The first-order valence-corrected chi connectivity index (χ1v) is 6.54. The molecule has 5 nitrogen and oxygen atoms in total. The van der Waals surface area contributed by atoms with Crippen molar-refractivity contribution >= 4 is 57.7 Å². The van der Waals surface area contributed by atoms with Crippen molar-refractivity contribution < 1.29 is 14.4 Å². The lowest BCUT2D eigenvalue weighted by atomic mass is 10.3. The zero-order chi connectivity index (χ0) is 14.0. The van der Waals surface area contributed by atoms with Gasteiger partial charge in [0.1, 0.15) is 0 Å². The second-order valence-electron chi connectivity index (χ2n) is 3.47. The number of amides is 3. The molecular weight excluding hydrogens is 311 g/mol. The zero-order valence-corrected chi connectivity index (χ0v) is 11.5. The number of hydrogen-bond donors (Lipinski definition) is 2. The highest BCUT2D eigenvalue weighted by Crippen LogP contribution is 2.26. The third kappa shape index (κ3) is 3.50. The van der Waals surface area contributed by atoms with Crippen molar-refractivity contribution in [3.63, 3.8) is 0 Å². The van der Waals surface area contributed by atoms with Crippen LogP contribution >= 0.6 is 35.0 Å². The van der Waals surface area contributed by atoms with Gasteiger partial charge in [-0.25, -0.2) is 0 Å². The molecular formula is C11H6Cl2N2O3S. The highest BCUT2D eigenvalue weighted by Gasteiger charge is 2.25. The summed E-state index contributed by atoms with van der Waals surface area (Å²) in [5.41, 5.74) is 0.325. The number of anilines is 1. The molecule has 0 atom stereocenters. The summed E-state index contributed by atoms with van der Waals surface area (Å²) in [6.45, 7) is 0. The van der Waals surface area contributed by atoms with Crippen LogP contribution in [-0.4, -0.2) is 17.1 Å². The largest absolute Gasteiger partial charge is 0.321 e. The van der Waals surface area contributed by atoms with Crippen molar-refractivity contribution in [2.75, 3.05) is 5.32 Å². The molecule has 0 spiro atoms. The van der Waals surface area contributed by atoms with Crippen LogP contribution in [0.5, 0.6) is 0 Å². The number of rotatable bonds is 2. The number of carbonyl (C=O) groups excluding carboxylic acids is 3. The van der Waals surface area contributed by atoms with E-state index in [1.54, 1.807) is 6.07 Å². The van der Waals surface area contributed by atoms with Gasteiger partial charge in [0.05, 0.1) is 15.6 Å². The summed E-state index contributed by atoms with van der Waals surface area (Å²) >= 11 is 12.3. The van der Waals surface area contributed by atoms with Gasteiger partial charge in [0.25, 0.3) is 11.1 Å². The van der Waals surface area contributed by atoms with Crippen molar-refractivity contribution in [1.82, 2.24) is 5.32 Å². The fourth-order valence-corrected chi connectivity index (χ4v) is 2.29. The van der Waals surface area contributed by atoms with Gasteiger partial charge in [-0.05, 0) is 30.0 Å². The standard InChI is InChI=1S/C11H6Cl2N2O3S/c12-5-1-2-6(13)7(3-5)14-9(16)4-8-10(17)15-11(18)19-8/h1-4H,(H,14,16)(H,15,17,18)/b8-4-. The predicted octanol–water partition coefficient (Wildman–Crippen LogP) is 2.80. The fourth-order valence-electron chi connectivity index (χ4n) is 1.30. The summed E-state index contributed by atoms with van der Waals surface area (Å²) < 4.78 is 0.